The summed E-state index contributed by atoms with van der Waals surface area (Å²) in [6.45, 7) is 5.78. The van der Waals surface area contributed by atoms with E-state index in [1.807, 2.05) is 20.8 Å². The molecule has 3 aromatic heterocycles. The van der Waals surface area contributed by atoms with Crippen LogP contribution in [0, 0.1) is 6.92 Å². The molecule has 126 valence electrons. The lowest BCUT2D eigenvalue weighted by atomic mass is 10.1. The summed E-state index contributed by atoms with van der Waals surface area (Å²) in [6, 6.07) is 1.52. The van der Waals surface area contributed by atoms with E-state index in [2.05, 4.69) is 30.7 Å². The van der Waals surface area contributed by atoms with Crippen LogP contribution in [0.5, 0.6) is 0 Å². The molecule has 0 bridgehead atoms. The molecule has 2 N–H and O–H groups in total. The van der Waals surface area contributed by atoms with E-state index in [4.69, 9.17) is 0 Å². The van der Waals surface area contributed by atoms with Gasteiger partial charge in [0.1, 0.15) is 5.01 Å². The number of aryl methyl sites for hydroxylation is 1. The Balaban J connectivity index is 1.78. The molecule has 0 aliphatic rings. The van der Waals surface area contributed by atoms with Crippen LogP contribution in [0.4, 0.5) is 5.13 Å². The van der Waals surface area contributed by atoms with Crippen molar-refractivity contribution in [3.05, 3.63) is 27.1 Å². The number of anilines is 1. The van der Waals surface area contributed by atoms with E-state index < -0.39 is 0 Å². The second-order valence-electron chi connectivity index (χ2n) is 5.32. The fraction of sp³-hybridized carbons (Fsp3) is 0.385. The van der Waals surface area contributed by atoms with E-state index in [-0.39, 0.29) is 23.1 Å². The maximum absolute atomic E-state index is 12.0. The highest BCUT2D eigenvalue weighted by Crippen LogP contribution is 2.22. The summed E-state index contributed by atoms with van der Waals surface area (Å²) < 4.78 is 1.76. The fourth-order valence-electron chi connectivity index (χ4n) is 2.08. The smallest absolute Gasteiger partial charge is 0.252 e. The monoisotopic (exact) mass is 365 g/mol. The molecule has 0 radical (unpaired) electrons. The Morgan fingerprint density at radius 1 is 1.38 bits per heavy atom. The van der Waals surface area contributed by atoms with Crippen molar-refractivity contribution in [2.45, 2.75) is 31.8 Å². The molecular weight excluding hydrogens is 350 g/mol. The van der Waals surface area contributed by atoms with Gasteiger partial charge in [-0.2, -0.15) is 0 Å². The number of aromatic amines is 1. The number of hydrogen-bond acceptors (Lipinski definition) is 8. The number of carbonyl (C=O) groups is 1. The molecule has 0 saturated heterocycles. The van der Waals surface area contributed by atoms with Crippen LogP contribution < -0.4 is 10.9 Å². The van der Waals surface area contributed by atoms with Crippen molar-refractivity contribution >= 4 is 39.9 Å². The van der Waals surface area contributed by atoms with E-state index >= 15 is 0 Å². The first-order valence-corrected chi connectivity index (χ1v) is 8.95. The lowest BCUT2D eigenvalue weighted by molar-refractivity contribution is -0.113. The van der Waals surface area contributed by atoms with Crippen LogP contribution in [0.3, 0.4) is 0 Å². The first kappa shape index (κ1) is 16.6. The maximum atomic E-state index is 12.0. The maximum Gasteiger partial charge on any atom is 0.252 e. The standard InChI is InChI=1S/C13H15N7O2S2/c1-6(2)8-4-9(21)14-11-17-19-13(20(8)11)23-5-10(22)15-12-18-16-7(3)24-12/h4,6H,5H2,1-3H3,(H,14,17,21)(H,15,18,22). The predicted octanol–water partition coefficient (Wildman–Crippen LogP) is 1.43. The second-order valence-corrected chi connectivity index (χ2v) is 7.44. The Kier molecular flexibility index (Phi) is 4.62. The van der Waals surface area contributed by atoms with Gasteiger partial charge in [0.05, 0.1) is 5.75 Å². The molecule has 0 spiro atoms. The first-order chi connectivity index (χ1) is 11.4. The van der Waals surface area contributed by atoms with Gasteiger partial charge in [0.2, 0.25) is 16.8 Å². The topological polar surface area (TPSA) is 118 Å². The summed E-state index contributed by atoms with van der Waals surface area (Å²) >= 11 is 2.55. The molecule has 0 saturated carbocycles. The third-order valence-electron chi connectivity index (χ3n) is 3.10. The van der Waals surface area contributed by atoms with Gasteiger partial charge in [-0.25, -0.2) is 0 Å². The van der Waals surface area contributed by atoms with Gasteiger partial charge in [0.25, 0.3) is 5.56 Å². The molecule has 0 aliphatic carbocycles. The normalized spacial score (nSPS) is 11.3. The third-order valence-corrected chi connectivity index (χ3v) is 4.78. The zero-order chi connectivity index (χ0) is 17.3. The van der Waals surface area contributed by atoms with Crippen LogP contribution in [0.1, 0.15) is 30.5 Å². The lowest BCUT2D eigenvalue weighted by Crippen LogP contribution is -2.15. The summed E-state index contributed by atoms with van der Waals surface area (Å²) in [5, 5.41) is 20.2. The highest BCUT2D eigenvalue weighted by molar-refractivity contribution is 7.99. The molecule has 1 amide bonds. The van der Waals surface area contributed by atoms with Gasteiger partial charge < -0.3 is 0 Å². The molecule has 24 heavy (non-hydrogen) atoms. The molecule has 0 aliphatic heterocycles. The minimum Gasteiger partial charge on any atom is -0.300 e. The van der Waals surface area contributed by atoms with Crippen molar-refractivity contribution in [2.24, 2.45) is 0 Å². The second kappa shape index (κ2) is 6.69. The van der Waals surface area contributed by atoms with E-state index in [0.29, 0.717) is 16.1 Å². The van der Waals surface area contributed by atoms with Gasteiger partial charge in [-0.05, 0) is 12.8 Å². The summed E-state index contributed by atoms with van der Waals surface area (Å²) in [7, 11) is 0. The minimum atomic E-state index is -0.223. The molecule has 3 aromatic rings. The average Bonchev–Trinajstić information content (AvgIpc) is 3.10. The molecule has 3 rings (SSSR count). The van der Waals surface area contributed by atoms with Crippen molar-refractivity contribution in [1.82, 2.24) is 29.8 Å². The van der Waals surface area contributed by atoms with Crippen LogP contribution in [-0.4, -0.2) is 41.4 Å². The van der Waals surface area contributed by atoms with E-state index in [1.54, 1.807) is 4.40 Å². The fourth-order valence-corrected chi connectivity index (χ4v) is 3.44. The minimum absolute atomic E-state index is 0.114. The van der Waals surface area contributed by atoms with Crippen LogP contribution in [0.25, 0.3) is 5.78 Å². The van der Waals surface area contributed by atoms with Crippen LogP contribution in [-0.2, 0) is 4.79 Å². The largest absolute Gasteiger partial charge is 0.300 e. The summed E-state index contributed by atoms with van der Waals surface area (Å²) in [5.74, 6) is 0.427. The number of aromatic nitrogens is 6. The summed E-state index contributed by atoms with van der Waals surface area (Å²) in [6.07, 6.45) is 0. The number of rotatable bonds is 5. The highest BCUT2D eigenvalue weighted by atomic mass is 32.2. The van der Waals surface area contributed by atoms with Crippen molar-refractivity contribution < 1.29 is 4.79 Å². The summed E-state index contributed by atoms with van der Waals surface area (Å²) in [5.41, 5.74) is 0.570. The van der Waals surface area contributed by atoms with Gasteiger partial charge in [-0.3, -0.25) is 24.3 Å². The highest BCUT2D eigenvalue weighted by Gasteiger charge is 2.16. The molecule has 11 heteroatoms. The van der Waals surface area contributed by atoms with E-state index in [9.17, 15) is 9.59 Å². The molecule has 0 unspecified atom stereocenters. The van der Waals surface area contributed by atoms with E-state index in [1.165, 1.54) is 29.2 Å². The van der Waals surface area contributed by atoms with Crippen molar-refractivity contribution in [1.29, 1.82) is 0 Å². The zero-order valence-electron chi connectivity index (χ0n) is 13.2. The Hall–Kier alpha value is -2.27. The number of fused-ring (bicyclic) bond motifs is 1. The number of hydrogen-bond donors (Lipinski definition) is 2. The lowest BCUT2D eigenvalue weighted by Gasteiger charge is -2.09. The van der Waals surface area contributed by atoms with E-state index in [0.717, 1.165) is 10.7 Å². The van der Waals surface area contributed by atoms with Crippen molar-refractivity contribution in [3.8, 4) is 0 Å². The molecular formula is C13H15N7O2S2. The van der Waals surface area contributed by atoms with Crippen LogP contribution in [0.15, 0.2) is 16.0 Å². The third kappa shape index (κ3) is 3.46. The van der Waals surface area contributed by atoms with Crippen molar-refractivity contribution in [3.63, 3.8) is 0 Å². The Morgan fingerprint density at radius 2 is 2.17 bits per heavy atom. The van der Waals surface area contributed by atoms with Gasteiger partial charge in [-0.15, -0.1) is 20.4 Å². The quantitative estimate of drug-likeness (QED) is 0.657. The van der Waals surface area contributed by atoms with Crippen LogP contribution >= 0.6 is 23.1 Å². The predicted molar refractivity (Wildman–Crippen MR) is 91.7 cm³/mol. The summed E-state index contributed by atoms with van der Waals surface area (Å²) in [4.78, 5) is 26.3. The number of nitrogens with one attached hydrogen (secondary N) is 2. The van der Waals surface area contributed by atoms with Crippen molar-refractivity contribution in [2.75, 3.05) is 11.1 Å². The number of amides is 1. The van der Waals surface area contributed by atoms with Gasteiger partial charge in [0, 0.05) is 11.8 Å². The number of H-pyrrole nitrogens is 1. The van der Waals surface area contributed by atoms with Gasteiger partial charge >= 0.3 is 0 Å². The molecule has 0 fully saturated rings. The molecule has 0 aromatic carbocycles. The Labute approximate surface area is 144 Å². The van der Waals surface area contributed by atoms with Gasteiger partial charge in [0.15, 0.2) is 5.16 Å². The van der Waals surface area contributed by atoms with Gasteiger partial charge in [-0.1, -0.05) is 36.9 Å². The number of thioether (sulfide) groups is 1. The van der Waals surface area contributed by atoms with Crippen LogP contribution in [0.2, 0.25) is 0 Å². The number of nitrogens with zero attached hydrogens (tertiary/aromatic N) is 5. The zero-order valence-corrected chi connectivity index (χ0v) is 14.9. The number of carbonyl (C=O) groups excluding carboxylic acids is 1. The Bertz CT molecular complexity index is 943. The molecule has 3 heterocycles. The average molecular weight is 365 g/mol. The SMILES string of the molecule is Cc1nnc(NC(=O)CSc2nnc3[nH]c(=O)cc(C(C)C)n23)s1. The molecule has 9 nitrogen and oxygen atoms in total. The Morgan fingerprint density at radius 3 is 2.83 bits per heavy atom. The first-order valence-electron chi connectivity index (χ1n) is 7.15. The molecule has 0 atom stereocenters.